The van der Waals surface area contributed by atoms with Crippen LogP contribution in [0.15, 0.2) is 23.2 Å². The molecule has 1 spiro atoms. The maximum Gasteiger partial charge on any atom is 0.193 e. The van der Waals surface area contributed by atoms with E-state index in [4.69, 9.17) is 24.9 Å². The topological polar surface area (TPSA) is 78.1 Å². The molecule has 3 fully saturated rings. The fourth-order valence-corrected chi connectivity index (χ4v) is 4.62. The molecule has 2 saturated carbocycles. The summed E-state index contributed by atoms with van der Waals surface area (Å²) in [4.78, 5) is 4.83. The SMILES string of the molecule is COc1ccc(OC)c(NC(N)=NC2C3CCOC3C23CCC3)c1. The summed E-state index contributed by atoms with van der Waals surface area (Å²) in [5, 5.41) is 3.18. The fraction of sp³-hybridized carbons (Fsp3) is 0.611. The van der Waals surface area contributed by atoms with E-state index in [0.29, 0.717) is 23.7 Å². The first-order chi connectivity index (χ1) is 11.7. The highest BCUT2D eigenvalue weighted by Crippen LogP contribution is 2.64. The number of fused-ring (bicyclic) bond motifs is 2. The van der Waals surface area contributed by atoms with Gasteiger partial charge in [-0.15, -0.1) is 0 Å². The van der Waals surface area contributed by atoms with Crippen LogP contribution in [0.25, 0.3) is 0 Å². The van der Waals surface area contributed by atoms with Crippen molar-refractivity contribution < 1.29 is 14.2 Å². The highest BCUT2D eigenvalue weighted by molar-refractivity contribution is 5.94. The van der Waals surface area contributed by atoms with Crippen LogP contribution in [0.3, 0.4) is 0 Å². The third kappa shape index (κ3) is 2.24. The molecular formula is C18H25N3O3. The van der Waals surface area contributed by atoms with Gasteiger partial charge >= 0.3 is 0 Å². The van der Waals surface area contributed by atoms with Gasteiger partial charge in [0.05, 0.1) is 32.1 Å². The monoisotopic (exact) mass is 331 g/mol. The van der Waals surface area contributed by atoms with Gasteiger partial charge in [0, 0.05) is 24.0 Å². The summed E-state index contributed by atoms with van der Waals surface area (Å²) in [6.07, 6.45) is 5.18. The minimum atomic E-state index is 0.242. The lowest BCUT2D eigenvalue weighted by atomic mass is 9.46. The zero-order valence-electron chi connectivity index (χ0n) is 14.2. The molecule has 0 amide bonds. The molecule has 130 valence electrons. The van der Waals surface area contributed by atoms with Crippen molar-refractivity contribution in [1.82, 2.24) is 0 Å². The van der Waals surface area contributed by atoms with Gasteiger partial charge in [-0.2, -0.15) is 0 Å². The minimum absolute atomic E-state index is 0.242. The maximum absolute atomic E-state index is 6.22. The van der Waals surface area contributed by atoms with Crippen LogP contribution in [0, 0.1) is 11.3 Å². The van der Waals surface area contributed by atoms with E-state index >= 15 is 0 Å². The summed E-state index contributed by atoms with van der Waals surface area (Å²) in [5.74, 6) is 2.42. The summed E-state index contributed by atoms with van der Waals surface area (Å²) in [6.45, 7) is 0.861. The number of anilines is 1. The van der Waals surface area contributed by atoms with E-state index in [1.807, 2.05) is 18.2 Å². The number of nitrogens with two attached hydrogens (primary N) is 1. The molecule has 0 bridgehead atoms. The Bertz CT molecular complexity index is 657. The Morgan fingerprint density at radius 2 is 2.17 bits per heavy atom. The number of benzene rings is 1. The highest BCUT2D eigenvalue weighted by atomic mass is 16.5. The number of nitrogens with zero attached hydrogens (tertiary/aromatic N) is 1. The molecule has 24 heavy (non-hydrogen) atoms. The fourth-order valence-electron chi connectivity index (χ4n) is 4.62. The lowest BCUT2D eigenvalue weighted by Gasteiger charge is -2.61. The Morgan fingerprint density at radius 1 is 1.33 bits per heavy atom. The van der Waals surface area contributed by atoms with Gasteiger partial charge in [0.15, 0.2) is 5.96 Å². The number of aliphatic imine (C=N–C) groups is 1. The molecular weight excluding hydrogens is 306 g/mol. The van der Waals surface area contributed by atoms with E-state index in [1.54, 1.807) is 14.2 Å². The van der Waals surface area contributed by atoms with Crippen LogP contribution in [0.4, 0.5) is 5.69 Å². The molecule has 3 aliphatic rings. The number of hydrogen-bond donors (Lipinski definition) is 2. The number of methoxy groups -OCH3 is 2. The van der Waals surface area contributed by atoms with Gasteiger partial charge in [-0.1, -0.05) is 6.42 Å². The number of guanidine groups is 1. The Hall–Kier alpha value is -1.95. The van der Waals surface area contributed by atoms with Gasteiger partial charge in [0.1, 0.15) is 11.5 Å². The van der Waals surface area contributed by atoms with E-state index in [-0.39, 0.29) is 11.5 Å². The van der Waals surface area contributed by atoms with Crippen LogP contribution in [-0.2, 0) is 4.74 Å². The van der Waals surface area contributed by atoms with Gasteiger partial charge in [0.25, 0.3) is 0 Å². The van der Waals surface area contributed by atoms with Gasteiger partial charge in [-0.05, 0) is 31.4 Å². The van der Waals surface area contributed by atoms with E-state index in [2.05, 4.69) is 5.32 Å². The van der Waals surface area contributed by atoms with E-state index in [0.717, 1.165) is 24.5 Å². The van der Waals surface area contributed by atoms with Crippen LogP contribution < -0.4 is 20.5 Å². The zero-order chi connectivity index (χ0) is 16.7. The molecule has 3 atom stereocenters. The molecule has 3 unspecified atom stereocenters. The zero-order valence-corrected chi connectivity index (χ0v) is 14.2. The Morgan fingerprint density at radius 3 is 2.83 bits per heavy atom. The number of rotatable bonds is 4. The number of nitrogens with one attached hydrogen (secondary N) is 1. The largest absolute Gasteiger partial charge is 0.497 e. The lowest BCUT2D eigenvalue weighted by Crippen LogP contribution is -2.65. The van der Waals surface area contributed by atoms with E-state index in [9.17, 15) is 0 Å². The first kappa shape index (κ1) is 15.6. The van der Waals surface area contributed by atoms with Crippen molar-refractivity contribution >= 4 is 11.6 Å². The average molecular weight is 331 g/mol. The van der Waals surface area contributed by atoms with Crippen LogP contribution >= 0.6 is 0 Å². The van der Waals surface area contributed by atoms with Crippen LogP contribution in [0.5, 0.6) is 11.5 Å². The maximum atomic E-state index is 6.22. The minimum Gasteiger partial charge on any atom is -0.497 e. The van der Waals surface area contributed by atoms with Gasteiger partial charge < -0.3 is 25.3 Å². The molecule has 4 rings (SSSR count). The summed E-state index contributed by atoms with van der Waals surface area (Å²) in [7, 11) is 3.27. The summed E-state index contributed by atoms with van der Waals surface area (Å²) in [5.41, 5.74) is 7.22. The molecule has 1 aliphatic heterocycles. The Kier molecular flexibility index (Phi) is 3.79. The van der Waals surface area contributed by atoms with Crippen molar-refractivity contribution in [3.63, 3.8) is 0 Å². The lowest BCUT2D eigenvalue weighted by molar-refractivity contribution is -0.164. The third-order valence-corrected chi connectivity index (χ3v) is 5.93. The molecule has 2 aliphatic carbocycles. The first-order valence-corrected chi connectivity index (χ1v) is 8.62. The molecule has 1 aromatic rings. The summed E-state index contributed by atoms with van der Waals surface area (Å²) in [6, 6.07) is 5.85. The van der Waals surface area contributed by atoms with Crippen molar-refractivity contribution in [2.75, 3.05) is 26.1 Å². The molecule has 1 saturated heterocycles. The summed E-state index contributed by atoms with van der Waals surface area (Å²) < 4.78 is 16.6. The standard InChI is InChI=1S/C18H25N3O3/c1-22-11-4-5-14(23-2)13(10-11)20-17(19)21-15-12-6-9-24-16(12)18(15)7-3-8-18/h4-5,10,12,15-16H,3,6-9H2,1-2H3,(H3,19,20,21). The second-order valence-corrected chi connectivity index (χ2v) is 6.98. The van der Waals surface area contributed by atoms with Crippen LogP contribution in [0.2, 0.25) is 0 Å². The van der Waals surface area contributed by atoms with Gasteiger partial charge in [0.2, 0.25) is 0 Å². The van der Waals surface area contributed by atoms with Crippen molar-refractivity contribution in [2.45, 2.75) is 37.8 Å². The molecule has 3 N–H and O–H groups in total. The molecule has 1 aromatic carbocycles. The Labute approximate surface area is 142 Å². The van der Waals surface area contributed by atoms with Crippen LogP contribution in [-0.4, -0.2) is 38.9 Å². The third-order valence-electron chi connectivity index (χ3n) is 5.93. The quantitative estimate of drug-likeness (QED) is 0.654. The normalized spacial score (nSPS) is 30.2. The predicted molar refractivity (Wildman–Crippen MR) is 92.7 cm³/mol. The first-order valence-electron chi connectivity index (χ1n) is 8.62. The van der Waals surface area contributed by atoms with Crippen molar-refractivity contribution in [3.05, 3.63) is 18.2 Å². The van der Waals surface area contributed by atoms with Crippen LogP contribution in [0.1, 0.15) is 25.7 Å². The molecule has 6 nitrogen and oxygen atoms in total. The molecule has 1 heterocycles. The smallest absolute Gasteiger partial charge is 0.193 e. The molecule has 6 heteroatoms. The van der Waals surface area contributed by atoms with Gasteiger partial charge in [-0.25, -0.2) is 4.99 Å². The van der Waals surface area contributed by atoms with Gasteiger partial charge in [-0.3, -0.25) is 0 Å². The Balaban J connectivity index is 1.54. The second kappa shape index (κ2) is 5.84. The predicted octanol–water partition coefficient (Wildman–Crippen LogP) is 2.39. The van der Waals surface area contributed by atoms with Crippen molar-refractivity contribution in [2.24, 2.45) is 22.1 Å². The second-order valence-electron chi connectivity index (χ2n) is 6.98. The highest BCUT2D eigenvalue weighted by Gasteiger charge is 2.66. The molecule has 0 radical (unpaired) electrons. The van der Waals surface area contributed by atoms with Crippen molar-refractivity contribution in [3.8, 4) is 11.5 Å². The van der Waals surface area contributed by atoms with Crippen molar-refractivity contribution in [1.29, 1.82) is 0 Å². The van der Waals surface area contributed by atoms with E-state index in [1.165, 1.54) is 19.3 Å². The average Bonchev–Trinajstić information content (AvgIpc) is 2.96. The summed E-state index contributed by atoms with van der Waals surface area (Å²) >= 11 is 0. The number of hydrogen-bond acceptors (Lipinski definition) is 4. The van der Waals surface area contributed by atoms with E-state index < -0.39 is 0 Å². The number of ether oxygens (including phenoxy) is 3. The molecule has 0 aromatic heterocycles.